The Morgan fingerprint density at radius 3 is 2.20 bits per heavy atom. The van der Waals surface area contributed by atoms with Gasteiger partial charge in [-0.3, -0.25) is 14.4 Å². The van der Waals surface area contributed by atoms with Crippen LogP contribution in [0.1, 0.15) is 24.2 Å². The molecule has 9 nitrogen and oxygen atoms in total. The van der Waals surface area contributed by atoms with E-state index in [4.69, 9.17) is 15.2 Å². The summed E-state index contributed by atoms with van der Waals surface area (Å²) in [7, 11) is 0. The molecule has 0 saturated heterocycles. The van der Waals surface area contributed by atoms with Crippen molar-refractivity contribution in [1.82, 2.24) is 5.32 Å². The number of anilines is 1. The van der Waals surface area contributed by atoms with Gasteiger partial charge in [-0.2, -0.15) is 0 Å². The van der Waals surface area contributed by atoms with E-state index in [9.17, 15) is 19.2 Å². The molecule has 0 aromatic heterocycles. The molecule has 4 N–H and O–H groups in total. The maximum absolute atomic E-state index is 12.2. The molecular weight excluding hydrogens is 390 g/mol. The second-order valence-corrected chi connectivity index (χ2v) is 6.40. The number of hydrogen-bond acceptors (Lipinski definition) is 6. The molecule has 0 fully saturated rings. The topological polar surface area (TPSA) is 137 Å². The number of amides is 3. The van der Waals surface area contributed by atoms with Crippen LogP contribution in [0.25, 0.3) is 0 Å². The standard InChI is InChI=1S/C21H23N3O6/c1-13(23-18(25)12-29-17-6-4-3-5-7-17)21(28)30-14(2)20(27)24-16-10-8-15(9-11-16)19(22)26/h3-11,13-14H,12H2,1-2H3,(H2,22,26)(H,23,25)(H,24,27)/t13-,14-/m0/s1. The van der Waals surface area contributed by atoms with Crippen molar-refractivity contribution in [3.63, 3.8) is 0 Å². The molecule has 0 aliphatic heterocycles. The third-order valence-corrected chi connectivity index (χ3v) is 3.94. The predicted octanol–water partition coefficient (Wildman–Crippen LogP) is 1.24. The molecule has 0 radical (unpaired) electrons. The lowest BCUT2D eigenvalue weighted by Crippen LogP contribution is -2.44. The zero-order valence-electron chi connectivity index (χ0n) is 16.6. The zero-order valence-corrected chi connectivity index (χ0v) is 16.6. The number of ether oxygens (including phenoxy) is 2. The summed E-state index contributed by atoms with van der Waals surface area (Å²) in [6, 6.07) is 13.7. The summed E-state index contributed by atoms with van der Waals surface area (Å²) in [6.45, 7) is 2.58. The van der Waals surface area contributed by atoms with Crippen molar-refractivity contribution >= 4 is 29.4 Å². The highest BCUT2D eigenvalue weighted by molar-refractivity contribution is 5.97. The fourth-order valence-electron chi connectivity index (χ4n) is 2.30. The normalized spacial score (nSPS) is 12.2. The molecule has 0 saturated carbocycles. The van der Waals surface area contributed by atoms with Gasteiger partial charge < -0.3 is 25.8 Å². The van der Waals surface area contributed by atoms with Gasteiger partial charge in [0.05, 0.1) is 0 Å². The molecule has 158 valence electrons. The Morgan fingerprint density at radius 1 is 0.967 bits per heavy atom. The highest BCUT2D eigenvalue weighted by Crippen LogP contribution is 2.11. The highest BCUT2D eigenvalue weighted by Gasteiger charge is 2.23. The average Bonchev–Trinajstić information content (AvgIpc) is 2.73. The van der Waals surface area contributed by atoms with E-state index in [0.717, 1.165) is 0 Å². The van der Waals surface area contributed by atoms with Crippen LogP contribution in [0.4, 0.5) is 5.69 Å². The Kier molecular flexibility index (Phi) is 7.92. The van der Waals surface area contributed by atoms with E-state index in [0.29, 0.717) is 17.0 Å². The molecule has 2 rings (SSSR count). The molecule has 3 amide bonds. The maximum Gasteiger partial charge on any atom is 0.329 e. The predicted molar refractivity (Wildman–Crippen MR) is 109 cm³/mol. The first-order chi connectivity index (χ1) is 14.3. The van der Waals surface area contributed by atoms with Crippen molar-refractivity contribution in [2.75, 3.05) is 11.9 Å². The Hall–Kier alpha value is -3.88. The summed E-state index contributed by atoms with van der Waals surface area (Å²) in [5.41, 5.74) is 5.87. The van der Waals surface area contributed by atoms with Crippen LogP contribution in [0.2, 0.25) is 0 Å². The molecule has 0 heterocycles. The van der Waals surface area contributed by atoms with Crippen LogP contribution >= 0.6 is 0 Å². The van der Waals surface area contributed by atoms with E-state index in [1.165, 1.54) is 38.1 Å². The minimum Gasteiger partial charge on any atom is -0.484 e. The summed E-state index contributed by atoms with van der Waals surface area (Å²) < 4.78 is 10.4. The molecule has 0 bridgehead atoms. The summed E-state index contributed by atoms with van der Waals surface area (Å²) >= 11 is 0. The van der Waals surface area contributed by atoms with E-state index in [2.05, 4.69) is 10.6 Å². The van der Waals surface area contributed by atoms with E-state index >= 15 is 0 Å². The first-order valence-electron chi connectivity index (χ1n) is 9.14. The third kappa shape index (κ3) is 6.93. The smallest absolute Gasteiger partial charge is 0.329 e. The molecule has 0 aliphatic rings. The van der Waals surface area contributed by atoms with Crippen molar-refractivity contribution in [2.24, 2.45) is 5.73 Å². The van der Waals surface area contributed by atoms with Crippen LogP contribution < -0.4 is 21.1 Å². The number of benzene rings is 2. The van der Waals surface area contributed by atoms with Gasteiger partial charge in [0.25, 0.3) is 11.8 Å². The Balaban J connectivity index is 1.78. The lowest BCUT2D eigenvalue weighted by atomic mass is 10.2. The van der Waals surface area contributed by atoms with Crippen molar-refractivity contribution < 1.29 is 28.7 Å². The summed E-state index contributed by atoms with van der Waals surface area (Å²) in [6.07, 6.45) is -1.10. The Bertz CT molecular complexity index is 899. The van der Waals surface area contributed by atoms with Gasteiger partial charge in [0.15, 0.2) is 12.7 Å². The fraction of sp³-hybridized carbons (Fsp3) is 0.238. The quantitative estimate of drug-likeness (QED) is 0.529. The maximum atomic E-state index is 12.2. The Morgan fingerprint density at radius 2 is 1.60 bits per heavy atom. The average molecular weight is 413 g/mol. The number of nitrogens with one attached hydrogen (secondary N) is 2. The van der Waals surface area contributed by atoms with Crippen LogP contribution in [0.15, 0.2) is 54.6 Å². The van der Waals surface area contributed by atoms with Crippen molar-refractivity contribution in [3.05, 3.63) is 60.2 Å². The second-order valence-electron chi connectivity index (χ2n) is 6.40. The molecule has 30 heavy (non-hydrogen) atoms. The highest BCUT2D eigenvalue weighted by atomic mass is 16.5. The van der Waals surface area contributed by atoms with Crippen molar-refractivity contribution in [1.29, 1.82) is 0 Å². The van der Waals surface area contributed by atoms with E-state index in [1.807, 2.05) is 6.07 Å². The number of rotatable bonds is 9. The monoisotopic (exact) mass is 413 g/mol. The number of primary amides is 1. The summed E-state index contributed by atoms with van der Waals surface area (Å²) in [5.74, 6) is -1.90. The molecule has 0 aliphatic carbocycles. The lowest BCUT2D eigenvalue weighted by Gasteiger charge is -2.17. The first kappa shape index (κ1) is 22.4. The molecular formula is C21H23N3O6. The van der Waals surface area contributed by atoms with Gasteiger partial charge >= 0.3 is 5.97 Å². The second kappa shape index (κ2) is 10.6. The van der Waals surface area contributed by atoms with Gasteiger partial charge in [-0.25, -0.2) is 4.79 Å². The van der Waals surface area contributed by atoms with Crippen molar-refractivity contribution in [3.8, 4) is 5.75 Å². The minimum atomic E-state index is -1.10. The van der Waals surface area contributed by atoms with E-state index in [1.54, 1.807) is 24.3 Å². The number of esters is 1. The molecule has 2 atom stereocenters. The Labute approximate surface area is 173 Å². The molecule has 0 spiro atoms. The van der Waals surface area contributed by atoms with Crippen LogP contribution in [-0.2, 0) is 19.1 Å². The van der Waals surface area contributed by atoms with Crippen LogP contribution in [0.3, 0.4) is 0 Å². The lowest BCUT2D eigenvalue weighted by molar-refractivity contribution is -0.155. The van der Waals surface area contributed by atoms with Gasteiger partial charge in [-0.15, -0.1) is 0 Å². The number of nitrogens with two attached hydrogens (primary N) is 1. The van der Waals surface area contributed by atoms with Gasteiger partial charge in [-0.05, 0) is 50.2 Å². The van der Waals surface area contributed by atoms with Crippen LogP contribution in [0.5, 0.6) is 5.75 Å². The van der Waals surface area contributed by atoms with E-state index < -0.39 is 35.8 Å². The molecule has 9 heteroatoms. The molecule has 2 aromatic rings. The minimum absolute atomic E-state index is 0.265. The molecule has 2 aromatic carbocycles. The van der Waals surface area contributed by atoms with Crippen molar-refractivity contribution in [2.45, 2.75) is 26.0 Å². The molecule has 0 unspecified atom stereocenters. The van der Waals surface area contributed by atoms with Gasteiger partial charge in [0.1, 0.15) is 11.8 Å². The summed E-state index contributed by atoms with van der Waals surface area (Å²) in [5, 5.41) is 5.00. The number of hydrogen-bond donors (Lipinski definition) is 3. The van der Waals surface area contributed by atoms with Crippen LogP contribution in [-0.4, -0.2) is 42.4 Å². The van der Waals surface area contributed by atoms with E-state index in [-0.39, 0.29) is 6.61 Å². The first-order valence-corrected chi connectivity index (χ1v) is 9.14. The number of carbonyl (C=O) groups is 4. The number of carbonyl (C=O) groups excluding carboxylic acids is 4. The largest absolute Gasteiger partial charge is 0.484 e. The third-order valence-electron chi connectivity index (χ3n) is 3.94. The van der Waals surface area contributed by atoms with Crippen LogP contribution in [0, 0.1) is 0 Å². The van der Waals surface area contributed by atoms with Gasteiger partial charge in [-0.1, -0.05) is 18.2 Å². The SMILES string of the molecule is C[C@H](NC(=O)COc1ccccc1)C(=O)O[C@@H](C)C(=O)Nc1ccc(C(N)=O)cc1. The fourth-order valence-corrected chi connectivity index (χ4v) is 2.30. The number of para-hydroxylation sites is 1. The van der Waals surface area contributed by atoms with Gasteiger partial charge in [0.2, 0.25) is 5.91 Å². The zero-order chi connectivity index (χ0) is 22.1. The van der Waals surface area contributed by atoms with Gasteiger partial charge in [0, 0.05) is 11.3 Å². The summed E-state index contributed by atoms with van der Waals surface area (Å²) in [4.78, 5) is 47.3.